The van der Waals surface area contributed by atoms with Crippen molar-refractivity contribution in [3.05, 3.63) is 36.5 Å². The van der Waals surface area contributed by atoms with Crippen molar-refractivity contribution in [2.45, 2.75) is 213 Å². The molecule has 3 N–H and O–H groups in total. The number of carbonyl (C=O) groups excluding carboxylic acids is 2. The number of nitrogens with two attached hydrogens (primary N) is 1. The first-order valence-corrected chi connectivity index (χ1v) is 24.0. The van der Waals surface area contributed by atoms with E-state index in [4.69, 9.17) is 24.3 Å². The second-order valence-corrected chi connectivity index (χ2v) is 16.4. The molecule has 0 fully saturated rings. The Morgan fingerprint density at radius 1 is 0.545 bits per heavy atom. The Morgan fingerprint density at radius 2 is 0.945 bits per heavy atom. The van der Waals surface area contributed by atoms with Crippen LogP contribution in [0.4, 0.5) is 0 Å². The molecule has 0 saturated carbocycles. The van der Waals surface area contributed by atoms with Crippen LogP contribution >= 0.6 is 7.82 Å². The first kappa shape index (κ1) is 53.2. The normalized spacial score (nSPS) is 13.6. The van der Waals surface area contributed by atoms with Crippen LogP contribution in [0.3, 0.4) is 0 Å². The van der Waals surface area contributed by atoms with Crippen molar-refractivity contribution in [2.75, 3.05) is 26.4 Å². The fraction of sp³-hybridized carbons (Fsp3) is 0.822. The van der Waals surface area contributed by atoms with Crippen LogP contribution in [-0.4, -0.2) is 49.3 Å². The van der Waals surface area contributed by atoms with Crippen LogP contribution in [0.25, 0.3) is 0 Å². The number of unbranched alkanes of at least 4 members (excludes halogenated alkanes) is 23. The van der Waals surface area contributed by atoms with Gasteiger partial charge in [-0.1, -0.05) is 159 Å². The van der Waals surface area contributed by atoms with Crippen molar-refractivity contribution in [2.24, 2.45) is 5.73 Å². The molecule has 322 valence electrons. The van der Waals surface area contributed by atoms with Crippen LogP contribution < -0.4 is 5.73 Å². The minimum atomic E-state index is -4.38. The van der Waals surface area contributed by atoms with Gasteiger partial charge in [0.05, 0.1) is 13.2 Å². The van der Waals surface area contributed by atoms with Crippen LogP contribution in [0.5, 0.6) is 0 Å². The monoisotopic (exact) mass is 798 g/mol. The number of ether oxygens (including phenoxy) is 2. The number of allylic oxidation sites excluding steroid dienone is 6. The second kappa shape index (κ2) is 41.9. The van der Waals surface area contributed by atoms with Crippen LogP contribution in [-0.2, 0) is 32.7 Å². The Morgan fingerprint density at radius 3 is 1.44 bits per heavy atom. The van der Waals surface area contributed by atoms with Gasteiger partial charge >= 0.3 is 19.8 Å². The quantitative estimate of drug-likeness (QED) is 0.0268. The summed E-state index contributed by atoms with van der Waals surface area (Å²) in [4.78, 5) is 34.9. The lowest BCUT2D eigenvalue weighted by atomic mass is 10.1. The summed E-state index contributed by atoms with van der Waals surface area (Å²) in [5, 5.41) is 0. The van der Waals surface area contributed by atoms with Gasteiger partial charge in [-0.25, -0.2) is 4.57 Å². The van der Waals surface area contributed by atoms with Crippen molar-refractivity contribution in [3.8, 4) is 0 Å². The lowest BCUT2D eigenvalue weighted by molar-refractivity contribution is -0.161. The number of carbonyl (C=O) groups is 2. The molecule has 55 heavy (non-hydrogen) atoms. The Labute approximate surface area is 337 Å². The molecule has 0 heterocycles. The number of esters is 2. The zero-order chi connectivity index (χ0) is 40.3. The molecule has 0 amide bonds. The van der Waals surface area contributed by atoms with Gasteiger partial charge in [0.1, 0.15) is 6.61 Å². The van der Waals surface area contributed by atoms with E-state index in [0.717, 1.165) is 51.4 Å². The summed E-state index contributed by atoms with van der Waals surface area (Å²) in [6.45, 7) is 3.70. The highest BCUT2D eigenvalue weighted by molar-refractivity contribution is 7.47. The molecule has 0 aromatic heterocycles. The van der Waals surface area contributed by atoms with Crippen LogP contribution in [0.1, 0.15) is 206 Å². The van der Waals surface area contributed by atoms with E-state index in [-0.39, 0.29) is 38.6 Å². The maximum absolute atomic E-state index is 12.6. The summed E-state index contributed by atoms with van der Waals surface area (Å²) in [6, 6.07) is 0. The van der Waals surface area contributed by atoms with Gasteiger partial charge in [0.25, 0.3) is 0 Å². The minimum Gasteiger partial charge on any atom is -0.462 e. The third kappa shape index (κ3) is 41.7. The maximum atomic E-state index is 12.6. The van der Waals surface area contributed by atoms with E-state index in [0.29, 0.717) is 6.42 Å². The molecule has 0 aromatic carbocycles. The molecule has 10 heteroatoms. The van der Waals surface area contributed by atoms with Crippen molar-refractivity contribution in [1.29, 1.82) is 0 Å². The van der Waals surface area contributed by atoms with E-state index in [2.05, 4.69) is 50.3 Å². The molecule has 2 atom stereocenters. The highest BCUT2D eigenvalue weighted by atomic mass is 31.2. The summed E-state index contributed by atoms with van der Waals surface area (Å²) in [7, 11) is -4.38. The topological polar surface area (TPSA) is 134 Å². The van der Waals surface area contributed by atoms with E-state index < -0.39 is 26.5 Å². The average molecular weight is 798 g/mol. The summed E-state index contributed by atoms with van der Waals surface area (Å²) < 4.78 is 32.8. The zero-order valence-electron chi connectivity index (χ0n) is 35.4. The van der Waals surface area contributed by atoms with Gasteiger partial charge in [-0.15, -0.1) is 0 Å². The molecular formula is C45H84NO8P. The number of phosphoric ester groups is 1. The van der Waals surface area contributed by atoms with Crippen molar-refractivity contribution < 1.29 is 37.6 Å². The molecule has 1 unspecified atom stereocenters. The molecule has 9 nitrogen and oxygen atoms in total. The predicted octanol–water partition coefficient (Wildman–Crippen LogP) is 12.9. The van der Waals surface area contributed by atoms with Crippen molar-refractivity contribution in [1.82, 2.24) is 0 Å². The number of phosphoric acid groups is 1. The highest BCUT2D eigenvalue weighted by Crippen LogP contribution is 2.43. The standard InChI is InChI=1S/C45H84NO8P/c1-3-5-7-9-11-13-15-17-19-20-21-22-24-25-27-29-31-33-35-37-44(47)51-41-43(42-53-55(49,50)52-40-39-46)54-45(48)38-36-34-32-30-28-26-23-18-16-14-12-10-8-6-4-2/h11,13-14,16-17,19,43H,3-10,12,15,18,20-42,46H2,1-2H3,(H,49,50)/b13-11-,16-14-,19-17-/t43-/m1/s1. The van der Waals surface area contributed by atoms with E-state index in [1.54, 1.807) is 0 Å². The van der Waals surface area contributed by atoms with Gasteiger partial charge < -0.3 is 20.1 Å². The fourth-order valence-electron chi connectivity index (χ4n) is 6.13. The smallest absolute Gasteiger partial charge is 0.462 e. The third-order valence-electron chi connectivity index (χ3n) is 9.50. The maximum Gasteiger partial charge on any atom is 0.472 e. The summed E-state index contributed by atoms with van der Waals surface area (Å²) in [5.41, 5.74) is 5.35. The zero-order valence-corrected chi connectivity index (χ0v) is 36.3. The van der Waals surface area contributed by atoms with E-state index >= 15 is 0 Å². The van der Waals surface area contributed by atoms with E-state index in [1.807, 2.05) is 0 Å². The lowest BCUT2D eigenvalue weighted by Gasteiger charge is -2.19. The lowest BCUT2D eigenvalue weighted by Crippen LogP contribution is -2.29. The summed E-state index contributed by atoms with van der Waals surface area (Å²) >= 11 is 0. The third-order valence-corrected chi connectivity index (χ3v) is 10.5. The van der Waals surface area contributed by atoms with E-state index in [1.165, 1.54) is 122 Å². The second-order valence-electron chi connectivity index (χ2n) is 14.9. The SMILES string of the molecule is CCCCC/C=C\C/C=C\CCCCCCCCCCCC(=O)OC[C@H](COP(=O)(O)OCCN)OC(=O)CCCCCCCCC/C=C\CCCCCC. The number of hydrogen-bond donors (Lipinski definition) is 2. The predicted molar refractivity (Wildman–Crippen MR) is 229 cm³/mol. The van der Waals surface area contributed by atoms with Crippen LogP contribution in [0.15, 0.2) is 36.5 Å². The molecule has 0 saturated heterocycles. The summed E-state index contributed by atoms with van der Waals surface area (Å²) in [6.07, 6.45) is 45.9. The van der Waals surface area contributed by atoms with Crippen LogP contribution in [0, 0.1) is 0 Å². The van der Waals surface area contributed by atoms with Crippen LogP contribution in [0.2, 0.25) is 0 Å². The van der Waals surface area contributed by atoms with Crippen molar-refractivity contribution >= 4 is 19.8 Å². The van der Waals surface area contributed by atoms with Gasteiger partial charge in [0.2, 0.25) is 0 Å². The Balaban J connectivity index is 4.12. The summed E-state index contributed by atoms with van der Waals surface area (Å²) in [5.74, 6) is -0.835. The molecule has 0 rings (SSSR count). The Hall–Kier alpha value is -1.77. The minimum absolute atomic E-state index is 0.0520. The number of hydrogen-bond acceptors (Lipinski definition) is 8. The average Bonchev–Trinajstić information content (AvgIpc) is 3.17. The molecule has 0 aromatic rings. The van der Waals surface area contributed by atoms with Gasteiger partial charge in [-0.3, -0.25) is 18.6 Å². The van der Waals surface area contributed by atoms with Gasteiger partial charge in [-0.05, 0) is 70.6 Å². The molecule has 0 aliphatic carbocycles. The van der Waals surface area contributed by atoms with E-state index in [9.17, 15) is 19.0 Å². The Bertz CT molecular complexity index is 1000. The molecule has 0 bridgehead atoms. The van der Waals surface area contributed by atoms with Gasteiger partial charge in [-0.2, -0.15) is 0 Å². The fourth-order valence-corrected chi connectivity index (χ4v) is 6.89. The first-order valence-electron chi connectivity index (χ1n) is 22.5. The largest absolute Gasteiger partial charge is 0.472 e. The van der Waals surface area contributed by atoms with Gasteiger partial charge in [0, 0.05) is 19.4 Å². The Kier molecular flexibility index (Phi) is 40.5. The molecule has 0 aliphatic rings. The molecule has 0 radical (unpaired) electrons. The molecule has 0 spiro atoms. The number of rotatable bonds is 42. The highest BCUT2D eigenvalue weighted by Gasteiger charge is 2.26. The van der Waals surface area contributed by atoms with Crippen molar-refractivity contribution in [3.63, 3.8) is 0 Å². The first-order chi connectivity index (χ1) is 26.8. The van der Waals surface area contributed by atoms with Gasteiger partial charge in [0.15, 0.2) is 6.10 Å². The molecular weight excluding hydrogens is 713 g/mol. The molecule has 0 aliphatic heterocycles.